The summed E-state index contributed by atoms with van der Waals surface area (Å²) in [5, 5.41) is 8.55. The largest absolute Gasteiger partial charge is 0.239 e. The van der Waals surface area contributed by atoms with E-state index in [0.29, 0.717) is 5.56 Å². The molecule has 0 aliphatic heterocycles. The van der Waals surface area contributed by atoms with Crippen LogP contribution >= 0.6 is 11.8 Å². The molecule has 0 aromatic carbocycles. The van der Waals surface area contributed by atoms with Crippen molar-refractivity contribution in [3.05, 3.63) is 23.8 Å². The molecule has 0 bridgehead atoms. The molecule has 1 aromatic heterocycles. The molecule has 1 heterocycles. The van der Waals surface area contributed by atoms with Crippen LogP contribution in [0.2, 0.25) is 0 Å². The van der Waals surface area contributed by atoms with Crippen molar-refractivity contribution >= 4 is 11.8 Å². The summed E-state index contributed by atoms with van der Waals surface area (Å²) in [7, 11) is 0. The SMILES string of the molecule is N#Cc1cnc(CSCC2CC2)nc1. The second-order valence-electron chi connectivity index (χ2n) is 3.46. The Morgan fingerprint density at radius 3 is 2.71 bits per heavy atom. The minimum absolute atomic E-state index is 0.529. The van der Waals surface area contributed by atoms with Crippen molar-refractivity contribution in [1.29, 1.82) is 5.26 Å². The van der Waals surface area contributed by atoms with Crippen LogP contribution in [0.25, 0.3) is 0 Å². The molecule has 0 N–H and O–H groups in total. The van der Waals surface area contributed by atoms with Crippen molar-refractivity contribution in [3.63, 3.8) is 0 Å². The van der Waals surface area contributed by atoms with Crippen molar-refractivity contribution in [2.24, 2.45) is 5.92 Å². The number of nitrogens with zero attached hydrogens (tertiary/aromatic N) is 3. The maximum atomic E-state index is 8.55. The predicted octanol–water partition coefficient (Wildman–Crippen LogP) is 1.99. The Labute approximate surface area is 87.6 Å². The van der Waals surface area contributed by atoms with Gasteiger partial charge in [0.15, 0.2) is 0 Å². The summed E-state index contributed by atoms with van der Waals surface area (Å²) >= 11 is 1.88. The molecular formula is C10H11N3S. The number of hydrogen-bond acceptors (Lipinski definition) is 4. The molecule has 0 saturated heterocycles. The van der Waals surface area contributed by atoms with E-state index in [4.69, 9.17) is 5.26 Å². The van der Waals surface area contributed by atoms with Gasteiger partial charge in [0.05, 0.1) is 11.3 Å². The van der Waals surface area contributed by atoms with E-state index in [-0.39, 0.29) is 0 Å². The van der Waals surface area contributed by atoms with E-state index in [1.165, 1.54) is 18.6 Å². The van der Waals surface area contributed by atoms with Crippen LogP contribution in [0.1, 0.15) is 24.2 Å². The van der Waals surface area contributed by atoms with E-state index in [1.54, 1.807) is 12.4 Å². The minimum Gasteiger partial charge on any atom is -0.239 e. The number of nitriles is 1. The molecule has 2 rings (SSSR count). The van der Waals surface area contributed by atoms with E-state index in [1.807, 2.05) is 17.8 Å². The molecule has 1 aliphatic carbocycles. The van der Waals surface area contributed by atoms with Gasteiger partial charge in [-0.1, -0.05) is 0 Å². The summed E-state index contributed by atoms with van der Waals surface area (Å²) in [6, 6.07) is 2.01. The van der Waals surface area contributed by atoms with Crippen LogP contribution in [0.4, 0.5) is 0 Å². The molecule has 0 atom stereocenters. The van der Waals surface area contributed by atoms with Gasteiger partial charge >= 0.3 is 0 Å². The third kappa shape index (κ3) is 2.71. The molecule has 4 heteroatoms. The molecule has 0 amide bonds. The first-order chi connectivity index (χ1) is 6.88. The predicted molar refractivity (Wildman–Crippen MR) is 55.6 cm³/mol. The van der Waals surface area contributed by atoms with Gasteiger partial charge in [0.2, 0.25) is 0 Å². The van der Waals surface area contributed by atoms with E-state index >= 15 is 0 Å². The van der Waals surface area contributed by atoms with Crippen molar-refractivity contribution in [1.82, 2.24) is 9.97 Å². The lowest BCUT2D eigenvalue weighted by Gasteiger charge is -1.98. The Kier molecular flexibility index (Phi) is 3.00. The summed E-state index contributed by atoms with van der Waals surface area (Å²) in [6.07, 6.45) is 5.95. The molecule has 0 spiro atoms. The fourth-order valence-electron chi connectivity index (χ4n) is 1.09. The lowest BCUT2D eigenvalue weighted by Crippen LogP contribution is -1.93. The van der Waals surface area contributed by atoms with E-state index in [2.05, 4.69) is 9.97 Å². The quantitative estimate of drug-likeness (QED) is 0.754. The number of rotatable bonds is 4. The summed E-state index contributed by atoms with van der Waals surface area (Å²) in [4.78, 5) is 8.22. The normalized spacial score (nSPS) is 15.1. The van der Waals surface area contributed by atoms with E-state index < -0.39 is 0 Å². The lowest BCUT2D eigenvalue weighted by molar-refractivity contribution is 0.986. The maximum absolute atomic E-state index is 8.55. The first-order valence-electron chi connectivity index (χ1n) is 4.67. The first-order valence-corrected chi connectivity index (χ1v) is 5.82. The second-order valence-corrected chi connectivity index (χ2v) is 4.49. The van der Waals surface area contributed by atoms with Gasteiger partial charge in [-0.05, 0) is 24.5 Å². The molecule has 1 aromatic rings. The molecule has 3 nitrogen and oxygen atoms in total. The van der Waals surface area contributed by atoms with Crippen molar-refractivity contribution in [2.75, 3.05) is 5.75 Å². The molecule has 14 heavy (non-hydrogen) atoms. The summed E-state index contributed by atoms with van der Waals surface area (Å²) in [5.41, 5.74) is 0.529. The summed E-state index contributed by atoms with van der Waals surface area (Å²) < 4.78 is 0. The van der Waals surface area contributed by atoms with Gasteiger partial charge in [-0.3, -0.25) is 0 Å². The third-order valence-corrected chi connectivity index (χ3v) is 3.29. The zero-order valence-electron chi connectivity index (χ0n) is 7.81. The number of aromatic nitrogens is 2. The fraction of sp³-hybridized carbons (Fsp3) is 0.500. The second kappa shape index (κ2) is 4.43. The highest BCUT2D eigenvalue weighted by atomic mass is 32.2. The van der Waals surface area contributed by atoms with Crippen LogP contribution in [-0.2, 0) is 5.75 Å². The molecule has 1 aliphatic rings. The number of hydrogen-bond donors (Lipinski definition) is 0. The Hall–Kier alpha value is -1.08. The summed E-state index contributed by atoms with van der Waals surface area (Å²) in [5.74, 6) is 3.86. The topological polar surface area (TPSA) is 49.6 Å². The smallest absolute Gasteiger partial charge is 0.138 e. The molecule has 72 valence electrons. The number of thioether (sulfide) groups is 1. The van der Waals surface area contributed by atoms with E-state index in [9.17, 15) is 0 Å². The molecule has 0 radical (unpaired) electrons. The van der Waals surface area contributed by atoms with Gasteiger partial charge in [0, 0.05) is 12.4 Å². The van der Waals surface area contributed by atoms with Gasteiger partial charge in [-0.25, -0.2) is 9.97 Å². The average molecular weight is 205 g/mol. The average Bonchev–Trinajstić information content (AvgIpc) is 3.03. The van der Waals surface area contributed by atoms with Gasteiger partial charge in [0.25, 0.3) is 0 Å². The Balaban J connectivity index is 1.80. The lowest BCUT2D eigenvalue weighted by atomic mass is 10.4. The van der Waals surface area contributed by atoms with Gasteiger partial charge in [0.1, 0.15) is 11.9 Å². The Morgan fingerprint density at radius 1 is 1.43 bits per heavy atom. The molecule has 1 fully saturated rings. The van der Waals surface area contributed by atoms with Crippen LogP contribution in [0.3, 0.4) is 0 Å². The molecule has 0 unspecified atom stereocenters. The van der Waals surface area contributed by atoms with Crippen LogP contribution in [0.5, 0.6) is 0 Å². The fourth-order valence-corrected chi connectivity index (χ4v) is 2.20. The van der Waals surface area contributed by atoms with Gasteiger partial charge < -0.3 is 0 Å². The molecule has 1 saturated carbocycles. The van der Waals surface area contributed by atoms with Crippen LogP contribution in [0.15, 0.2) is 12.4 Å². The van der Waals surface area contributed by atoms with Crippen molar-refractivity contribution in [3.8, 4) is 6.07 Å². The third-order valence-electron chi connectivity index (χ3n) is 2.12. The van der Waals surface area contributed by atoms with Gasteiger partial charge in [-0.15, -0.1) is 0 Å². The van der Waals surface area contributed by atoms with Crippen LogP contribution in [-0.4, -0.2) is 15.7 Å². The monoisotopic (exact) mass is 205 g/mol. The Morgan fingerprint density at radius 2 is 2.14 bits per heavy atom. The van der Waals surface area contributed by atoms with Crippen LogP contribution < -0.4 is 0 Å². The highest BCUT2D eigenvalue weighted by Crippen LogP contribution is 2.32. The van der Waals surface area contributed by atoms with E-state index in [0.717, 1.165) is 17.5 Å². The highest BCUT2D eigenvalue weighted by molar-refractivity contribution is 7.98. The highest BCUT2D eigenvalue weighted by Gasteiger charge is 2.20. The standard InChI is InChI=1S/C10H11N3S/c11-3-9-4-12-10(13-5-9)7-14-6-8-1-2-8/h4-5,8H,1-2,6-7H2. The first kappa shape index (κ1) is 9.47. The zero-order valence-corrected chi connectivity index (χ0v) is 8.63. The van der Waals surface area contributed by atoms with Crippen LogP contribution in [0, 0.1) is 17.2 Å². The Bertz CT molecular complexity index is 337. The zero-order chi connectivity index (χ0) is 9.80. The van der Waals surface area contributed by atoms with Gasteiger partial charge in [-0.2, -0.15) is 17.0 Å². The van der Waals surface area contributed by atoms with Crippen molar-refractivity contribution in [2.45, 2.75) is 18.6 Å². The maximum Gasteiger partial charge on any atom is 0.138 e. The molecular weight excluding hydrogens is 194 g/mol. The van der Waals surface area contributed by atoms with Crippen molar-refractivity contribution < 1.29 is 0 Å². The minimum atomic E-state index is 0.529. The summed E-state index contributed by atoms with van der Waals surface area (Å²) in [6.45, 7) is 0.